The van der Waals surface area contributed by atoms with E-state index in [1.165, 1.54) is 6.07 Å². The lowest BCUT2D eigenvalue weighted by molar-refractivity contribution is -0.139. The van der Waals surface area contributed by atoms with Crippen LogP contribution in [-0.4, -0.2) is 23.8 Å². The van der Waals surface area contributed by atoms with Crippen molar-refractivity contribution in [3.63, 3.8) is 0 Å². The molecule has 0 aliphatic carbocycles. The van der Waals surface area contributed by atoms with Gasteiger partial charge in [-0.25, -0.2) is 0 Å². The molecule has 1 aromatic carbocycles. The first-order chi connectivity index (χ1) is 11.8. The van der Waals surface area contributed by atoms with E-state index in [2.05, 4.69) is 10.7 Å². The van der Waals surface area contributed by atoms with Crippen molar-refractivity contribution < 1.29 is 18.8 Å². The van der Waals surface area contributed by atoms with Gasteiger partial charge in [0.25, 0.3) is 0 Å². The number of halogens is 2. The van der Waals surface area contributed by atoms with Gasteiger partial charge in [0.2, 0.25) is 0 Å². The first-order valence-electron chi connectivity index (χ1n) is 7.24. The van der Waals surface area contributed by atoms with Gasteiger partial charge in [0.1, 0.15) is 5.76 Å². The zero-order valence-corrected chi connectivity index (χ0v) is 14.9. The van der Waals surface area contributed by atoms with Crippen LogP contribution in [0.4, 0.5) is 0 Å². The largest absolute Gasteiger partial charge is 0.451 e. The lowest BCUT2D eigenvalue weighted by Gasteiger charge is -2.08. The smallest absolute Gasteiger partial charge is 0.327 e. The molecule has 1 aromatic heterocycles. The number of rotatable bonds is 3. The zero-order valence-electron chi connectivity index (χ0n) is 13.4. The van der Waals surface area contributed by atoms with E-state index in [0.717, 1.165) is 0 Å². The first kappa shape index (κ1) is 18.8. The Morgan fingerprint density at radius 2 is 1.72 bits per heavy atom. The van der Waals surface area contributed by atoms with Crippen LogP contribution in [-0.2, 0) is 9.59 Å². The zero-order chi connectivity index (χ0) is 18.6. The third-order valence-corrected chi connectivity index (χ3v) is 3.49. The van der Waals surface area contributed by atoms with Gasteiger partial charge in [-0.05, 0) is 44.2 Å². The number of benzene rings is 1. The van der Waals surface area contributed by atoms with Crippen molar-refractivity contribution in [1.29, 1.82) is 0 Å². The first-order valence-corrected chi connectivity index (χ1v) is 8.00. The van der Waals surface area contributed by atoms with Crippen LogP contribution in [0, 0.1) is 0 Å². The standard InChI is InChI=1S/C16H15Cl2N3O4/c1-8(2)19-15(23)16(24)21-20-14(22)13-6-5-12(25-13)10-4-3-9(17)7-11(10)18/h3-8H,1-2H3,(H,19,23)(H,20,22)(H,21,24). The molecular formula is C16H15Cl2N3O4. The molecule has 0 unspecified atom stereocenters. The molecule has 0 saturated heterocycles. The number of carbonyl (C=O) groups excluding carboxylic acids is 3. The average molecular weight is 384 g/mol. The summed E-state index contributed by atoms with van der Waals surface area (Å²) in [5.74, 6) is -2.28. The Hall–Kier alpha value is -2.51. The molecule has 0 fully saturated rings. The third-order valence-electron chi connectivity index (χ3n) is 2.94. The van der Waals surface area contributed by atoms with E-state index >= 15 is 0 Å². The fourth-order valence-electron chi connectivity index (χ4n) is 1.85. The topological polar surface area (TPSA) is 100 Å². The van der Waals surface area contributed by atoms with Crippen molar-refractivity contribution in [1.82, 2.24) is 16.2 Å². The molecule has 9 heteroatoms. The van der Waals surface area contributed by atoms with Gasteiger partial charge < -0.3 is 9.73 Å². The minimum absolute atomic E-state index is 0.0643. The number of amides is 3. The Kier molecular flexibility index (Phi) is 6.06. The minimum Gasteiger partial charge on any atom is -0.451 e. The van der Waals surface area contributed by atoms with E-state index in [4.69, 9.17) is 27.6 Å². The van der Waals surface area contributed by atoms with Crippen molar-refractivity contribution in [2.75, 3.05) is 0 Å². The van der Waals surface area contributed by atoms with Crippen LogP contribution in [0.1, 0.15) is 24.4 Å². The highest BCUT2D eigenvalue weighted by Gasteiger charge is 2.18. The van der Waals surface area contributed by atoms with Crippen LogP contribution in [0.2, 0.25) is 10.0 Å². The fourth-order valence-corrected chi connectivity index (χ4v) is 2.36. The molecule has 25 heavy (non-hydrogen) atoms. The molecule has 0 atom stereocenters. The van der Waals surface area contributed by atoms with Crippen molar-refractivity contribution in [2.24, 2.45) is 0 Å². The lowest BCUT2D eigenvalue weighted by Crippen LogP contribution is -2.49. The van der Waals surface area contributed by atoms with Gasteiger partial charge in [-0.15, -0.1) is 0 Å². The average Bonchev–Trinajstić information content (AvgIpc) is 3.01. The number of hydrogen-bond acceptors (Lipinski definition) is 4. The second-order valence-corrected chi connectivity index (χ2v) is 6.17. The maximum absolute atomic E-state index is 12.0. The van der Waals surface area contributed by atoms with Crippen molar-refractivity contribution in [3.05, 3.63) is 46.1 Å². The molecule has 0 bridgehead atoms. The number of furan rings is 1. The Morgan fingerprint density at radius 3 is 2.36 bits per heavy atom. The number of nitrogens with one attached hydrogen (secondary N) is 3. The van der Waals surface area contributed by atoms with Crippen molar-refractivity contribution >= 4 is 40.9 Å². The van der Waals surface area contributed by atoms with Crippen molar-refractivity contribution in [2.45, 2.75) is 19.9 Å². The Bertz CT molecular complexity index is 817. The van der Waals surface area contributed by atoms with Gasteiger partial charge in [0.05, 0.1) is 5.02 Å². The summed E-state index contributed by atoms with van der Waals surface area (Å²) in [4.78, 5) is 34.9. The number of hydrogen-bond donors (Lipinski definition) is 3. The summed E-state index contributed by atoms with van der Waals surface area (Å²) in [6.07, 6.45) is 0. The monoisotopic (exact) mass is 383 g/mol. The van der Waals surface area contributed by atoms with Gasteiger partial charge >= 0.3 is 17.7 Å². The molecule has 0 radical (unpaired) electrons. The highest BCUT2D eigenvalue weighted by molar-refractivity contribution is 6.36. The van der Waals surface area contributed by atoms with Gasteiger partial charge in [-0.1, -0.05) is 23.2 Å². The van der Waals surface area contributed by atoms with Crippen LogP contribution < -0.4 is 16.2 Å². The Morgan fingerprint density at radius 1 is 1.00 bits per heavy atom. The number of hydrazine groups is 1. The summed E-state index contributed by atoms with van der Waals surface area (Å²) in [7, 11) is 0. The summed E-state index contributed by atoms with van der Waals surface area (Å²) in [5.41, 5.74) is 4.65. The summed E-state index contributed by atoms with van der Waals surface area (Å²) < 4.78 is 5.42. The second-order valence-electron chi connectivity index (χ2n) is 5.32. The highest BCUT2D eigenvalue weighted by Crippen LogP contribution is 2.31. The second kappa shape index (κ2) is 8.04. The Labute approximate surface area is 153 Å². The molecule has 2 rings (SSSR count). The maximum Gasteiger partial charge on any atom is 0.327 e. The molecule has 132 valence electrons. The van der Waals surface area contributed by atoms with E-state index < -0.39 is 17.7 Å². The summed E-state index contributed by atoms with van der Waals surface area (Å²) in [5, 5.41) is 3.23. The minimum atomic E-state index is -0.991. The molecule has 3 amide bonds. The van der Waals surface area contributed by atoms with E-state index in [9.17, 15) is 14.4 Å². The van der Waals surface area contributed by atoms with E-state index in [1.54, 1.807) is 38.1 Å². The summed E-state index contributed by atoms with van der Waals surface area (Å²) >= 11 is 11.9. The molecule has 0 spiro atoms. The number of carbonyl (C=O) groups is 3. The van der Waals surface area contributed by atoms with Gasteiger partial charge in [0.15, 0.2) is 5.76 Å². The molecular weight excluding hydrogens is 369 g/mol. The molecule has 2 aromatic rings. The van der Waals surface area contributed by atoms with Gasteiger partial charge in [-0.2, -0.15) is 0 Å². The highest BCUT2D eigenvalue weighted by atomic mass is 35.5. The van der Waals surface area contributed by atoms with Crippen LogP contribution in [0.15, 0.2) is 34.7 Å². The predicted octanol–water partition coefficient (Wildman–Crippen LogP) is 2.54. The molecule has 3 N–H and O–H groups in total. The van der Waals surface area contributed by atoms with Gasteiger partial charge in [0, 0.05) is 16.6 Å². The maximum atomic E-state index is 12.0. The van der Waals surface area contributed by atoms with Crippen LogP contribution in [0.3, 0.4) is 0 Å². The van der Waals surface area contributed by atoms with Crippen molar-refractivity contribution in [3.8, 4) is 11.3 Å². The van der Waals surface area contributed by atoms with E-state index in [0.29, 0.717) is 21.4 Å². The lowest BCUT2D eigenvalue weighted by atomic mass is 10.2. The molecule has 7 nitrogen and oxygen atoms in total. The van der Waals surface area contributed by atoms with Crippen LogP contribution >= 0.6 is 23.2 Å². The van der Waals surface area contributed by atoms with Crippen LogP contribution in [0.5, 0.6) is 0 Å². The SMILES string of the molecule is CC(C)NC(=O)C(=O)NNC(=O)c1ccc(-c2ccc(Cl)cc2Cl)o1. The molecule has 0 saturated carbocycles. The van der Waals surface area contributed by atoms with E-state index in [-0.39, 0.29) is 11.8 Å². The summed E-state index contributed by atoms with van der Waals surface area (Å²) in [6.45, 7) is 3.41. The molecule has 0 aliphatic rings. The van der Waals surface area contributed by atoms with Crippen LogP contribution in [0.25, 0.3) is 11.3 Å². The summed E-state index contributed by atoms with van der Waals surface area (Å²) in [6, 6.07) is 7.61. The molecule has 0 aliphatic heterocycles. The fraction of sp³-hybridized carbons (Fsp3) is 0.188. The Balaban J connectivity index is 2.01. The van der Waals surface area contributed by atoms with Gasteiger partial charge in [-0.3, -0.25) is 25.2 Å². The predicted molar refractivity (Wildman–Crippen MR) is 93.1 cm³/mol. The third kappa shape index (κ3) is 4.98. The quantitative estimate of drug-likeness (QED) is 0.559. The normalized spacial score (nSPS) is 10.4. The van der Waals surface area contributed by atoms with E-state index in [1.807, 2.05) is 5.43 Å². The molecule has 1 heterocycles.